The van der Waals surface area contributed by atoms with Gasteiger partial charge < -0.3 is 29.6 Å². The molecule has 194 valence electrons. The van der Waals surface area contributed by atoms with Crippen LogP contribution in [0.2, 0.25) is 0 Å². The smallest absolute Gasteiger partial charge is 0.224 e. The minimum absolute atomic E-state index is 0.0846. The average molecular weight is 528 g/mol. The molecule has 0 saturated carbocycles. The number of methoxy groups -OCH3 is 2. The first-order chi connectivity index (χ1) is 18.5. The quantitative estimate of drug-likeness (QED) is 0.296. The topological polar surface area (TPSA) is 80.7 Å². The Hall–Kier alpha value is -4.37. The molecule has 0 unspecified atom stereocenters. The second-order valence-electron chi connectivity index (χ2n) is 8.79. The lowest BCUT2D eigenvalue weighted by atomic mass is 10.0. The zero-order valence-electron chi connectivity index (χ0n) is 21.4. The Labute approximate surface area is 227 Å². The average Bonchev–Trinajstić information content (AvgIpc) is 3.58. The Morgan fingerprint density at radius 2 is 1.89 bits per heavy atom. The number of hydrogen-bond donors (Lipinski definition) is 2. The highest BCUT2D eigenvalue weighted by Crippen LogP contribution is 2.44. The number of amides is 1. The molecule has 3 heterocycles. The fourth-order valence-corrected chi connectivity index (χ4v) is 5.08. The molecule has 2 aromatic heterocycles. The third kappa shape index (κ3) is 4.80. The number of ether oxygens (including phenoxy) is 2. The summed E-state index contributed by atoms with van der Waals surface area (Å²) in [7, 11) is 3.25. The summed E-state index contributed by atoms with van der Waals surface area (Å²) in [6, 6.07) is 23.1. The predicted octanol–water partition coefficient (Wildman–Crippen LogP) is 5.42. The van der Waals surface area contributed by atoms with E-state index in [4.69, 9.17) is 21.7 Å². The van der Waals surface area contributed by atoms with Gasteiger partial charge in [-0.1, -0.05) is 19.1 Å². The predicted molar refractivity (Wildman–Crippen MR) is 152 cm³/mol. The van der Waals surface area contributed by atoms with E-state index in [0.29, 0.717) is 23.0 Å². The molecule has 1 aliphatic rings. The van der Waals surface area contributed by atoms with Crippen LogP contribution in [0.25, 0.3) is 5.69 Å². The van der Waals surface area contributed by atoms with Crippen molar-refractivity contribution in [2.45, 2.75) is 25.4 Å². The maximum Gasteiger partial charge on any atom is 0.224 e. The van der Waals surface area contributed by atoms with Gasteiger partial charge in [0.05, 0.1) is 31.6 Å². The van der Waals surface area contributed by atoms with Crippen molar-refractivity contribution in [1.82, 2.24) is 14.9 Å². The van der Waals surface area contributed by atoms with Gasteiger partial charge >= 0.3 is 0 Å². The monoisotopic (exact) mass is 527 g/mol. The second kappa shape index (κ2) is 10.9. The van der Waals surface area contributed by atoms with Gasteiger partial charge in [-0.3, -0.25) is 9.78 Å². The highest BCUT2D eigenvalue weighted by Gasteiger charge is 2.42. The van der Waals surface area contributed by atoms with Crippen molar-refractivity contribution in [1.29, 1.82) is 0 Å². The lowest BCUT2D eigenvalue weighted by Crippen LogP contribution is -2.30. The molecule has 2 aromatic carbocycles. The molecule has 9 heteroatoms. The van der Waals surface area contributed by atoms with E-state index in [0.717, 1.165) is 28.5 Å². The lowest BCUT2D eigenvalue weighted by Gasteiger charge is -2.29. The summed E-state index contributed by atoms with van der Waals surface area (Å²) < 4.78 is 13.3. The number of thiocarbonyl (C=S) groups is 1. The number of benzene rings is 2. The van der Waals surface area contributed by atoms with E-state index in [-0.39, 0.29) is 18.0 Å². The summed E-state index contributed by atoms with van der Waals surface area (Å²) in [5.41, 5.74) is 4.30. The molecular formula is C29H29N5O3S. The molecule has 1 saturated heterocycles. The number of pyridine rings is 1. The first-order valence-electron chi connectivity index (χ1n) is 12.3. The second-order valence-corrected chi connectivity index (χ2v) is 9.17. The first-order valence-corrected chi connectivity index (χ1v) is 12.7. The van der Waals surface area contributed by atoms with Crippen LogP contribution >= 0.6 is 12.2 Å². The van der Waals surface area contributed by atoms with E-state index in [2.05, 4.69) is 31.2 Å². The lowest BCUT2D eigenvalue weighted by molar-refractivity contribution is -0.115. The van der Waals surface area contributed by atoms with E-state index in [1.165, 1.54) is 0 Å². The molecule has 0 radical (unpaired) electrons. The molecule has 5 rings (SSSR count). The van der Waals surface area contributed by atoms with Crippen LogP contribution in [-0.2, 0) is 4.79 Å². The van der Waals surface area contributed by atoms with Gasteiger partial charge in [-0.05, 0) is 60.7 Å². The number of nitrogens with zero attached hydrogens (tertiary/aromatic N) is 3. The minimum atomic E-state index is -0.237. The van der Waals surface area contributed by atoms with Crippen LogP contribution < -0.4 is 25.0 Å². The molecule has 38 heavy (non-hydrogen) atoms. The van der Waals surface area contributed by atoms with Gasteiger partial charge in [-0.25, -0.2) is 0 Å². The van der Waals surface area contributed by atoms with Gasteiger partial charge in [-0.15, -0.1) is 0 Å². The fourth-order valence-electron chi connectivity index (χ4n) is 4.74. The van der Waals surface area contributed by atoms with Crippen LogP contribution in [0, 0.1) is 0 Å². The van der Waals surface area contributed by atoms with Crippen LogP contribution in [-0.4, -0.2) is 34.8 Å². The third-order valence-corrected chi connectivity index (χ3v) is 6.89. The highest BCUT2D eigenvalue weighted by atomic mass is 32.1. The van der Waals surface area contributed by atoms with Crippen molar-refractivity contribution in [3.8, 4) is 17.2 Å². The summed E-state index contributed by atoms with van der Waals surface area (Å²) in [6.45, 7) is 1.81. The Bertz CT molecular complexity index is 1460. The zero-order valence-corrected chi connectivity index (χ0v) is 22.2. The highest BCUT2D eigenvalue weighted by molar-refractivity contribution is 7.80. The van der Waals surface area contributed by atoms with E-state index in [1.807, 2.05) is 79.9 Å². The SMILES string of the molecule is CCC(=O)Nc1ccc(N2C(=S)N[C@@H](c3ccccn3)[C@H]2c2cccn2-c2cccc(OC)c2)cc1OC. The number of hydrogen-bond acceptors (Lipinski definition) is 5. The Balaban J connectivity index is 1.63. The zero-order chi connectivity index (χ0) is 26.6. The Kier molecular flexibility index (Phi) is 7.28. The van der Waals surface area contributed by atoms with Crippen molar-refractivity contribution in [2.24, 2.45) is 0 Å². The van der Waals surface area contributed by atoms with Crippen molar-refractivity contribution in [3.63, 3.8) is 0 Å². The van der Waals surface area contributed by atoms with Crippen molar-refractivity contribution >= 4 is 34.6 Å². The van der Waals surface area contributed by atoms with Crippen molar-refractivity contribution in [2.75, 3.05) is 24.4 Å². The van der Waals surface area contributed by atoms with Gasteiger partial charge in [0.25, 0.3) is 0 Å². The third-order valence-electron chi connectivity index (χ3n) is 6.57. The molecule has 8 nitrogen and oxygen atoms in total. The largest absolute Gasteiger partial charge is 0.497 e. The Morgan fingerprint density at radius 1 is 1.03 bits per heavy atom. The minimum Gasteiger partial charge on any atom is -0.497 e. The summed E-state index contributed by atoms with van der Waals surface area (Å²) in [5.74, 6) is 1.24. The Morgan fingerprint density at radius 3 is 2.63 bits per heavy atom. The van der Waals surface area contributed by atoms with Crippen LogP contribution in [0.4, 0.5) is 11.4 Å². The maximum atomic E-state index is 12.0. The van der Waals surface area contributed by atoms with Crippen molar-refractivity contribution in [3.05, 3.63) is 96.6 Å². The van der Waals surface area contributed by atoms with Crippen LogP contribution in [0.1, 0.15) is 36.8 Å². The van der Waals surface area contributed by atoms with Crippen LogP contribution in [0.15, 0.2) is 85.2 Å². The van der Waals surface area contributed by atoms with Gasteiger partial charge in [0, 0.05) is 48.0 Å². The maximum absolute atomic E-state index is 12.0. The standard InChI is InChI=1S/C29H29N5O3S/c1-4-26(35)31-22-14-13-20(18-25(22)37-3)34-28(27(32-29(34)38)23-11-5-6-15-30-23)24-12-8-16-33(24)19-9-7-10-21(17-19)36-2/h5-18,27-28H,4H2,1-3H3,(H,31,35)(H,32,38)/t27-,28+/m0/s1. The van der Waals surface area contributed by atoms with E-state index < -0.39 is 0 Å². The van der Waals surface area contributed by atoms with E-state index >= 15 is 0 Å². The number of carbonyl (C=O) groups excluding carboxylic acids is 1. The van der Waals surface area contributed by atoms with Gasteiger partial charge in [-0.2, -0.15) is 0 Å². The molecule has 4 aromatic rings. The number of nitrogens with one attached hydrogen (secondary N) is 2. The molecule has 0 spiro atoms. The molecule has 2 N–H and O–H groups in total. The van der Waals surface area contributed by atoms with Gasteiger partial charge in [0.1, 0.15) is 17.5 Å². The summed E-state index contributed by atoms with van der Waals surface area (Å²) in [4.78, 5) is 18.8. The molecule has 2 atom stereocenters. The molecule has 0 bridgehead atoms. The van der Waals surface area contributed by atoms with E-state index in [1.54, 1.807) is 20.4 Å². The number of carbonyl (C=O) groups is 1. The molecular weight excluding hydrogens is 498 g/mol. The number of rotatable bonds is 8. The first kappa shape index (κ1) is 25.3. The van der Waals surface area contributed by atoms with Crippen LogP contribution in [0.5, 0.6) is 11.5 Å². The van der Waals surface area contributed by atoms with Gasteiger partial charge in [0.2, 0.25) is 5.91 Å². The normalized spacial score (nSPS) is 16.7. The molecule has 1 aliphatic heterocycles. The fraction of sp³-hybridized carbons (Fsp3) is 0.207. The molecule has 0 aliphatic carbocycles. The van der Waals surface area contributed by atoms with Crippen molar-refractivity contribution < 1.29 is 14.3 Å². The summed E-state index contributed by atoms with van der Waals surface area (Å²) >= 11 is 5.90. The summed E-state index contributed by atoms with van der Waals surface area (Å²) in [5, 5.41) is 6.96. The number of aromatic nitrogens is 2. The summed E-state index contributed by atoms with van der Waals surface area (Å²) in [6.07, 6.45) is 4.19. The van der Waals surface area contributed by atoms with E-state index in [9.17, 15) is 4.79 Å². The number of anilines is 2. The molecule has 1 fully saturated rings. The molecule has 1 amide bonds. The van der Waals surface area contributed by atoms with Crippen LogP contribution in [0.3, 0.4) is 0 Å². The van der Waals surface area contributed by atoms with Gasteiger partial charge in [0.15, 0.2) is 5.11 Å².